The summed E-state index contributed by atoms with van der Waals surface area (Å²) in [5.41, 5.74) is 0. The average Bonchev–Trinajstić information content (AvgIpc) is 2.51. The molecule has 2 unspecified atom stereocenters. The summed E-state index contributed by atoms with van der Waals surface area (Å²) in [6.07, 6.45) is -2.37. The molecule has 0 aromatic rings. The van der Waals surface area contributed by atoms with E-state index in [-0.39, 0.29) is 6.61 Å². The van der Waals surface area contributed by atoms with Crippen LogP contribution in [0.1, 0.15) is 0 Å². The van der Waals surface area contributed by atoms with Gasteiger partial charge in [0.2, 0.25) is 13.9 Å². The minimum absolute atomic E-state index is 0.168. The number of rotatable bonds is 4. The van der Waals surface area contributed by atoms with Crippen molar-refractivity contribution in [1.29, 1.82) is 0 Å². The summed E-state index contributed by atoms with van der Waals surface area (Å²) in [4.78, 5) is 10.4. The number of ether oxygens (including phenoxy) is 2. The Balaban J connectivity index is 2.29. The highest BCUT2D eigenvalue weighted by molar-refractivity contribution is 7.39. The van der Waals surface area contributed by atoms with Crippen LogP contribution < -0.4 is 0 Å². The number of hydrogen-bond acceptors (Lipinski definition) is 5. The lowest BCUT2D eigenvalue weighted by Gasteiger charge is -2.04. The molecule has 0 radical (unpaired) electrons. The molecule has 80 valence electrons. The summed E-state index contributed by atoms with van der Waals surface area (Å²) in [5.74, 6) is -0.969. The fourth-order valence-corrected chi connectivity index (χ4v) is 1.57. The number of carbonyl (C=O) groups excluding carboxylic acids is 1. The molecule has 1 rings (SSSR count). The first-order valence-electron chi connectivity index (χ1n) is 3.61. The molecule has 0 aromatic heterocycles. The van der Waals surface area contributed by atoms with Crippen LogP contribution >= 0.6 is 8.03 Å². The lowest BCUT2D eigenvalue weighted by atomic mass is 10.7. The van der Waals surface area contributed by atoms with Gasteiger partial charge < -0.3 is 14.0 Å². The molecule has 1 aliphatic rings. The van der Waals surface area contributed by atoms with Crippen molar-refractivity contribution in [2.75, 3.05) is 13.2 Å². The number of halogens is 2. The maximum absolute atomic E-state index is 11.5. The van der Waals surface area contributed by atoms with Gasteiger partial charge >= 0.3 is 6.16 Å². The minimum Gasteiger partial charge on any atom is -0.430 e. The van der Waals surface area contributed by atoms with E-state index in [1.54, 1.807) is 0 Å². The Kier molecular flexibility index (Phi) is 4.03. The third-order valence-corrected chi connectivity index (χ3v) is 2.58. The molecule has 1 saturated heterocycles. The van der Waals surface area contributed by atoms with Gasteiger partial charge in [-0.1, -0.05) is 0 Å². The molecule has 0 spiro atoms. The van der Waals surface area contributed by atoms with Gasteiger partial charge in [-0.2, -0.15) is 8.78 Å². The zero-order chi connectivity index (χ0) is 10.6. The predicted molar refractivity (Wildman–Crippen MR) is 41.5 cm³/mol. The topological polar surface area (TPSA) is 61.8 Å². The summed E-state index contributed by atoms with van der Waals surface area (Å²) in [6, 6.07) is 0. The average molecular weight is 228 g/mol. The van der Waals surface area contributed by atoms with E-state index in [0.717, 1.165) is 0 Å². The SMILES string of the molecule is O=C1OCC([PH](=O)OCC=C(F)F)O1. The Hall–Kier alpha value is -0.940. The lowest BCUT2D eigenvalue weighted by Crippen LogP contribution is -2.05. The smallest absolute Gasteiger partial charge is 0.430 e. The number of cyclic esters (lactones) is 2. The van der Waals surface area contributed by atoms with E-state index in [4.69, 9.17) is 0 Å². The molecule has 5 nitrogen and oxygen atoms in total. The largest absolute Gasteiger partial charge is 0.509 e. The molecule has 8 heteroatoms. The van der Waals surface area contributed by atoms with Gasteiger partial charge in [-0.3, -0.25) is 4.57 Å². The van der Waals surface area contributed by atoms with Crippen LogP contribution in [0.2, 0.25) is 0 Å². The first-order chi connectivity index (χ1) is 6.59. The second kappa shape index (κ2) is 5.07. The van der Waals surface area contributed by atoms with Crippen LogP contribution in [0.25, 0.3) is 0 Å². The molecule has 0 N–H and O–H groups in total. The van der Waals surface area contributed by atoms with Crippen LogP contribution in [-0.2, 0) is 18.6 Å². The zero-order valence-corrected chi connectivity index (χ0v) is 7.87. The molecular formula is C6H7F2O5P. The fraction of sp³-hybridized carbons (Fsp3) is 0.500. The van der Waals surface area contributed by atoms with Crippen LogP contribution in [0, 0.1) is 0 Å². The molecule has 0 bridgehead atoms. The second-order valence-corrected chi connectivity index (χ2v) is 3.86. The summed E-state index contributed by atoms with van der Waals surface area (Å²) in [7, 11) is -2.69. The highest BCUT2D eigenvalue weighted by Gasteiger charge is 2.30. The summed E-state index contributed by atoms with van der Waals surface area (Å²) >= 11 is 0. The van der Waals surface area contributed by atoms with Crippen LogP contribution in [0.15, 0.2) is 12.2 Å². The van der Waals surface area contributed by atoms with Gasteiger partial charge in [-0.15, -0.1) is 0 Å². The van der Waals surface area contributed by atoms with Gasteiger partial charge in [0.05, 0.1) is 6.61 Å². The third kappa shape index (κ3) is 3.43. The lowest BCUT2D eigenvalue weighted by molar-refractivity contribution is 0.126. The number of carbonyl (C=O) groups is 1. The van der Waals surface area contributed by atoms with E-state index in [1.807, 2.05) is 0 Å². The van der Waals surface area contributed by atoms with Crippen LogP contribution in [0.4, 0.5) is 13.6 Å². The Morgan fingerprint density at radius 3 is 2.93 bits per heavy atom. The van der Waals surface area contributed by atoms with Gasteiger partial charge in [-0.25, -0.2) is 4.79 Å². The summed E-state index contributed by atoms with van der Waals surface area (Å²) < 4.78 is 47.4. The standard InChI is InChI=1S/C6H7F2O5P/c7-4(8)1-2-12-14(10)5-3-11-6(9)13-5/h1,5,14H,2-3H2. The Bertz CT molecular complexity index is 275. The molecule has 0 saturated carbocycles. The Morgan fingerprint density at radius 1 is 1.71 bits per heavy atom. The quantitative estimate of drug-likeness (QED) is 0.541. The van der Waals surface area contributed by atoms with Crippen molar-refractivity contribution >= 4 is 14.2 Å². The molecule has 14 heavy (non-hydrogen) atoms. The van der Waals surface area contributed by atoms with Gasteiger partial charge in [0.15, 0.2) is 0 Å². The maximum atomic E-state index is 11.5. The Labute approximate surface area is 78.5 Å². The predicted octanol–water partition coefficient (Wildman–Crippen LogP) is 1.75. The van der Waals surface area contributed by atoms with Crippen LogP contribution in [-0.4, -0.2) is 25.2 Å². The third-order valence-electron chi connectivity index (χ3n) is 1.32. The first kappa shape index (κ1) is 11.1. The fourth-order valence-electron chi connectivity index (χ4n) is 0.724. The minimum atomic E-state index is -2.69. The van der Waals surface area contributed by atoms with Gasteiger partial charge in [0.1, 0.15) is 6.61 Å². The van der Waals surface area contributed by atoms with E-state index < -0.39 is 32.7 Å². The van der Waals surface area contributed by atoms with E-state index in [0.29, 0.717) is 6.08 Å². The number of hydrogen-bond donors (Lipinski definition) is 0. The molecule has 2 atom stereocenters. The van der Waals surface area contributed by atoms with Crippen molar-refractivity contribution in [1.82, 2.24) is 0 Å². The molecule has 1 heterocycles. The molecule has 1 aliphatic heterocycles. The van der Waals surface area contributed by atoms with Crippen molar-refractivity contribution in [2.24, 2.45) is 0 Å². The van der Waals surface area contributed by atoms with Crippen molar-refractivity contribution in [3.8, 4) is 0 Å². The monoisotopic (exact) mass is 228 g/mol. The summed E-state index contributed by atoms with van der Waals surface area (Å²) in [6.45, 7) is -0.646. The van der Waals surface area contributed by atoms with E-state index in [2.05, 4.69) is 14.0 Å². The molecular weight excluding hydrogens is 221 g/mol. The Morgan fingerprint density at radius 2 is 2.43 bits per heavy atom. The van der Waals surface area contributed by atoms with Gasteiger partial charge in [-0.05, 0) is 0 Å². The van der Waals surface area contributed by atoms with Crippen LogP contribution in [0.5, 0.6) is 0 Å². The first-order valence-corrected chi connectivity index (χ1v) is 5.00. The molecule has 1 fully saturated rings. The van der Waals surface area contributed by atoms with E-state index in [9.17, 15) is 18.1 Å². The zero-order valence-electron chi connectivity index (χ0n) is 6.87. The van der Waals surface area contributed by atoms with Crippen LogP contribution in [0.3, 0.4) is 0 Å². The highest BCUT2D eigenvalue weighted by Crippen LogP contribution is 2.33. The van der Waals surface area contributed by atoms with E-state index in [1.165, 1.54) is 0 Å². The van der Waals surface area contributed by atoms with Crippen molar-refractivity contribution in [3.63, 3.8) is 0 Å². The summed E-state index contributed by atoms with van der Waals surface area (Å²) in [5, 5.41) is 0. The highest BCUT2D eigenvalue weighted by atomic mass is 31.1. The van der Waals surface area contributed by atoms with Gasteiger partial charge in [0, 0.05) is 6.08 Å². The second-order valence-electron chi connectivity index (χ2n) is 2.29. The normalized spacial score (nSPS) is 22.4. The maximum Gasteiger partial charge on any atom is 0.509 e. The molecule has 0 aliphatic carbocycles. The van der Waals surface area contributed by atoms with E-state index >= 15 is 0 Å². The van der Waals surface area contributed by atoms with Crippen molar-refractivity contribution in [3.05, 3.63) is 12.2 Å². The van der Waals surface area contributed by atoms with Gasteiger partial charge in [0.25, 0.3) is 6.08 Å². The molecule has 0 aromatic carbocycles. The van der Waals surface area contributed by atoms with Crippen molar-refractivity contribution < 1.29 is 32.1 Å². The van der Waals surface area contributed by atoms with Crippen molar-refractivity contribution in [2.45, 2.75) is 5.85 Å². The molecule has 0 amide bonds.